The zero-order valence-corrected chi connectivity index (χ0v) is 8.84. The van der Waals surface area contributed by atoms with Crippen LogP contribution >= 0.6 is 0 Å². The fraction of sp³-hybridized carbons (Fsp3) is 0.444. The van der Waals surface area contributed by atoms with E-state index in [1.807, 2.05) is 0 Å². The van der Waals surface area contributed by atoms with Gasteiger partial charge in [0.1, 0.15) is 0 Å². The monoisotopic (exact) mass is 272 g/mol. The topological polar surface area (TPSA) is 68.4 Å². The van der Waals surface area contributed by atoms with Gasteiger partial charge in [0.05, 0.1) is 12.3 Å². The summed E-state index contributed by atoms with van der Waals surface area (Å²) < 4.78 is 65.0. The first-order valence-electron chi connectivity index (χ1n) is 4.66. The van der Waals surface area contributed by atoms with Gasteiger partial charge in [-0.2, -0.15) is 0 Å². The van der Waals surface area contributed by atoms with Crippen molar-refractivity contribution < 1.29 is 31.8 Å². The first-order chi connectivity index (χ1) is 8.28. The maximum Gasteiger partial charge on any atom is 0.574 e. The molecule has 0 fully saturated rings. The Morgan fingerprint density at radius 3 is 2.39 bits per heavy atom. The smallest absolute Gasteiger partial charge is 0.390 e. The molecule has 9 heteroatoms. The molecule has 0 aliphatic rings. The molecular formula is C9H9F5N2O2. The summed E-state index contributed by atoms with van der Waals surface area (Å²) in [5, 5.41) is 8.75. The van der Waals surface area contributed by atoms with Gasteiger partial charge in [0.2, 0.25) is 5.88 Å². The second-order valence-electron chi connectivity index (χ2n) is 3.20. The molecule has 0 unspecified atom stereocenters. The molecule has 0 aliphatic heterocycles. The van der Waals surface area contributed by atoms with Gasteiger partial charge in [-0.3, -0.25) is 0 Å². The SMILES string of the molecule is NCc1c(C(F)F)cc(CO)nc1OC(F)(F)F. The lowest BCUT2D eigenvalue weighted by molar-refractivity contribution is -0.276. The number of nitrogens with two attached hydrogens (primary N) is 1. The van der Waals surface area contributed by atoms with Crippen molar-refractivity contribution >= 4 is 0 Å². The average Bonchev–Trinajstić information content (AvgIpc) is 2.25. The summed E-state index contributed by atoms with van der Waals surface area (Å²) in [4.78, 5) is 3.28. The van der Waals surface area contributed by atoms with Gasteiger partial charge in [-0.1, -0.05) is 0 Å². The molecule has 1 aromatic rings. The predicted octanol–water partition coefficient (Wildman–Crippen LogP) is 1.87. The third-order valence-corrected chi connectivity index (χ3v) is 1.99. The number of rotatable bonds is 4. The molecule has 0 atom stereocenters. The van der Waals surface area contributed by atoms with Crippen LogP contribution < -0.4 is 10.5 Å². The van der Waals surface area contributed by atoms with Crippen molar-refractivity contribution in [3.05, 3.63) is 22.9 Å². The van der Waals surface area contributed by atoms with Crippen molar-refractivity contribution in [2.24, 2.45) is 5.73 Å². The van der Waals surface area contributed by atoms with Crippen LogP contribution in [0.4, 0.5) is 22.0 Å². The Morgan fingerprint density at radius 2 is 2.00 bits per heavy atom. The minimum Gasteiger partial charge on any atom is -0.390 e. The van der Waals surface area contributed by atoms with Crippen LogP contribution in [0, 0.1) is 0 Å². The molecule has 1 aromatic heterocycles. The molecule has 0 saturated carbocycles. The van der Waals surface area contributed by atoms with E-state index in [1.54, 1.807) is 0 Å². The van der Waals surface area contributed by atoms with Crippen LogP contribution in [-0.2, 0) is 13.2 Å². The van der Waals surface area contributed by atoms with E-state index in [9.17, 15) is 22.0 Å². The molecule has 0 saturated heterocycles. The fourth-order valence-electron chi connectivity index (χ4n) is 1.30. The van der Waals surface area contributed by atoms with Gasteiger partial charge < -0.3 is 15.6 Å². The molecule has 1 rings (SSSR count). The number of alkyl halides is 5. The Balaban J connectivity index is 3.33. The van der Waals surface area contributed by atoms with Crippen molar-refractivity contribution in [3.63, 3.8) is 0 Å². The van der Waals surface area contributed by atoms with E-state index >= 15 is 0 Å². The predicted molar refractivity (Wildman–Crippen MR) is 49.7 cm³/mol. The minimum absolute atomic E-state index is 0.359. The molecule has 18 heavy (non-hydrogen) atoms. The Bertz CT molecular complexity index is 422. The van der Waals surface area contributed by atoms with Gasteiger partial charge in [-0.25, -0.2) is 13.8 Å². The Hall–Kier alpha value is -1.48. The highest BCUT2D eigenvalue weighted by molar-refractivity contribution is 5.37. The van der Waals surface area contributed by atoms with E-state index in [4.69, 9.17) is 10.8 Å². The molecule has 0 aromatic carbocycles. The van der Waals surface area contributed by atoms with Crippen LogP contribution in [0.25, 0.3) is 0 Å². The van der Waals surface area contributed by atoms with Crippen molar-refractivity contribution in [3.8, 4) is 5.88 Å². The van der Waals surface area contributed by atoms with Crippen molar-refractivity contribution in [1.82, 2.24) is 4.98 Å². The second-order valence-corrected chi connectivity index (χ2v) is 3.20. The van der Waals surface area contributed by atoms with Gasteiger partial charge in [0.25, 0.3) is 6.43 Å². The zero-order chi connectivity index (χ0) is 13.9. The summed E-state index contributed by atoms with van der Waals surface area (Å²) in [6.07, 6.45) is -8.13. The number of nitrogens with zero attached hydrogens (tertiary/aromatic N) is 1. The molecule has 0 amide bonds. The molecule has 0 radical (unpaired) electrons. The third-order valence-electron chi connectivity index (χ3n) is 1.99. The first-order valence-corrected chi connectivity index (χ1v) is 4.66. The zero-order valence-electron chi connectivity index (χ0n) is 8.84. The summed E-state index contributed by atoms with van der Waals surface area (Å²) in [6.45, 7) is -1.39. The van der Waals surface area contributed by atoms with Crippen LogP contribution in [0.2, 0.25) is 0 Å². The third kappa shape index (κ3) is 3.50. The molecule has 1 heterocycles. The molecule has 0 bridgehead atoms. The van der Waals surface area contributed by atoms with E-state index in [-0.39, 0.29) is 5.69 Å². The highest BCUT2D eigenvalue weighted by atomic mass is 19.4. The largest absolute Gasteiger partial charge is 0.574 e. The van der Waals surface area contributed by atoms with Gasteiger partial charge in [-0.05, 0) is 6.07 Å². The van der Waals surface area contributed by atoms with E-state index in [1.165, 1.54) is 0 Å². The molecule has 0 spiro atoms. The number of halogens is 5. The number of aliphatic hydroxyl groups is 1. The van der Waals surface area contributed by atoms with Crippen LogP contribution in [0.1, 0.15) is 23.2 Å². The summed E-state index contributed by atoms with van der Waals surface area (Å²) in [6, 6.07) is 0.788. The van der Waals surface area contributed by atoms with Gasteiger partial charge >= 0.3 is 6.36 Å². The van der Waals surface area contributed by atoms with Crippen LogP contribution in [0.3, 0.4) is 0 Å². The van der Waals surface area contributed by atoms with E-state index in [0.717, 1.165) is 6.07 Å². The van der Waals surface area contributed by atoms with E-state index in [2.05, 4.69) is 9.72 Å². The van der Waals surface area contributed by atoms with Crippen molar-refractivity contribution in [2.75, 3.05) is 0 Å². The van der Waals surface area contributed by atoms with Gasteiger partial charge in [0.15, 0.2) is 0 Å². The average molecular weight is 272 g/mol. The maximum atomic E-state index is 12.6. The van der Waals surface area contributed by atoms with Crippen LogP contribution in [-0.4, -0.2) is 16.5 Å². The standard InChI is InChI=1S/C9H9F5N2O2/c10-7(11)5-1-4(3-17)16-8(6(5)2-15)18-9(12,13)14/h1,7,17H,2-3,15H2. The number of hydrogen-bond donors (Lipinski definition) is 2. The Morgan fingerprint density at radius 1 is 1.39 bits per heavy atom. The first kappa shape index (κ1) is 14.6. The fourth-order valence-corrected chi connectivity index (χ4v) is 1.30. The quantitative estimate of drug-likeness (QED) is 0.821. The number of aromatic nitrogens is 1. The molecule has 3 N–H and O–H groups in total. The highest BCUT2D eigenvalue weighted by Crippen LogP contribution is 2.32. The molecular weight excluding hydrogens is 263 g/mol. The number of ether oxygens (including phenoxy) is 1. The lowest BCUT2D eigenvalue weighted by atomic mass is 10.1. The second kappa shape index (κ2) is 5.44. The maximum absolute atomic E-state index is 12.6. The molecule has 0 aliphatic carbocycles. The van der Waals surface area contributed by atoms with Gasteiger partial charge in [-0.15, -0.1) is 13.2 Å². The van der Waals surface area contributed by atoms with Crippen molar-refractivity contribution in [1.29, 1.82) is 0 Å². The number of aliphatic hydroxyl groups excluding tert-OH is 1. The van der Waals surface area contributed by atoms with Gasteiger partial charge in [0, 0.05) is 17.7 Å². The Kier molecular flexibility index (Phi) is 4.41. The minimum atomic E-state index is -5.08. The lowest BCUT2D eigenvalue weighted by Gasteiger charge is -2.15. The van der Waals surface area contributed by atoms with Crippen molar-refractivity contribution in [2.45, 2.75) is 25.9 Å². The molecule has 4 nitrogen and oxygen atoms in total. The van der Waals surface area contributed by atoms with E-state index in [0.29, 0.717) is 0 Å². The normalized spacial score (nSPS) is 12.0. The van der Waals surface area contributed by atoms with Crippen LogP contribution in [0.15, 0.2) is 6.07 Å². The Labute approximate surface area is 98.2 Å². The number of pyridine rings is 1. The highest BCUT2D eigenvalue weighted by Gasteiger charge is 2.34. The summed E-state index contributed by atoms with van der Waals surface area (Å²) in [7, 11) is 0. The van der Waals surface area contributed by atoms with Crippen LogP contribution in [0.5, 0.6) is 5.88 Å². The number of hydrogen-bond acceptors (Lipinski definition) is 4. The lowest BCUT2D eigenvalue weighted by Crippen LogP contribution is -2.21. The van der Waals surface area contributed by atoms with E-state index < -0.39 is 42.9 Å². The summed E-state index contributed by atoms with van der Waals surface area (Å²) in [5.41, 5.74) is 3.47. The summed E-state index contributed by atoms with van der Waals surface area (Å²) >= 11 is 0. The molecule has 102 valence electrons. The summed E-state index contributed by atoms with van der Waals surface area (Å²) in [5.74, 6) is -1.06.